The van der Waals surface area contributed by atoms with Gasteiger partial charge < -0.3 is 9.47 Å². The first-order valence-corrected chi connectivity index (χ1v) is 11.3. The first-order chi connectivity index (χ1) is 13.7. The third-order valence-corrected chi connectivity index (χ3v) is 7.02. The van der Waals surface area contributed by atoms with E-state index in [-0.39, 0.29) is 16.2 Å². The van der Waals surface area contributed by atoms with E-state index in [9.17, 15) is 8.42 Å². The Kier molecular flexibility index (Phi) is 6.43. The number of ether oxygens (including phenoxy) is 2. The number of benzene rings is 1. The normalized spacial score (nSPS) is 16.6. The van der Waals surface area contributed by atoms with Gasteiger partial charge in [-0.2, -0.15) is 9.40 Å². The summed E-state index contributed by atoms with van der Waals surface area (Å²) in [4.78, 5) is 0.265. The molecule has 0 bridgehead atoms. The van der Waals surface area contributed by atoms with Crippen LogP contribution in [-0.4, -0.2) is 49.7 Å². The van der Waals surface area contributed by atoms with Gasteiger partial charge in [0.1, 0.15) is 5.75 Å². The van der Waals surface area contributed by atoms with E-state index in [1.165, 1.54) is 11.4 Å². The maximum absolute atomic E-state index is 12.9. The van der Waals surface area contributed by atoms with Crippen molar-refractivity contribution >= 4 is 10.0 Å². The summed E-state index contributed by atoms with van der Waals surface area (Å²) in [6.07, 6.45) is 1.49. The van der Waals surface area contributed by atoms with Gasteiger partial charge in [-0.15, -0.1) is 5.10 Å². The maximum Gasteiger partial charge on any atom is 0.243 e. The minimum Gasteiger partial charge on any atom is -0.497 e. The Labute approximate surface area is 173 Å². The van der Waals surface area contributed by atoms with E-state index < -0.39 is 10.0 Å². The van der Waals surface area contributed by atoms with Gasteiger partial charge in [0.15, 0.2) is 0 Å². The van der Waals surface area contributed by atoms with Crippen molar-refractivity contribution in [1.82, 2.24) is 14.5 Å². The summed E-state index contributed by atoms with van der Waals surface area (Å²) in [5.41, 5.74) is 0.869. The number of aromatic nitrogens is 2. The Morgan fingerprint density at radius 2 is 1.83 bits per heavy atom. The van der Waals surface area contributed by atoms with Gasteiger partial charge in [0.2, 0.25) is 15.9 Å². The molecule has 2 aromatic rings. The van der Waals surface area contributed by atoms with Gasteiger partial charge in [-0.1, -0.05) is 26.8 Å². The molecule has 29 heavy (non-hydrogen) atoms. The van der Waals surface area contributed by atoms with Crippen molar-refractivity contribution in [1.29, 1.82) is 0 Å². The van der Waals surface area contributed by atoms with Crippen molar-refractivity contribution in [3.63, 3.8) is 0 Å². The molecular formula is C21H29N3O4S. The Morgan fingerprint density at radius 3 is 2.41 bits per heavy atom. The van der Waals surface area contributed by atoms with Crippen molar-refractivity contribution in [2.24, 2.45) is 5.92 Å². The Balaban J connectivity index is 1.54. The van der Waals surface area contributed by atoms with Crippen LogP contribution in [0.4, 0.5) is 0 Å². The average molecular weight is 420 g/mol. The number of hydrogen-bond donors (Lipinski definition) is 0. The first kappa shape index (κ1) is 21.5. The van der Waals surface area contributed by atoms with Gasteiger partial charge >= 0.3 is 0 Å². The second-order valence-electron chi connectivity index (χ2n) is 8.34. The van der Waals surface area contributed by atoms with Crippen LogP contribution in [0.3, 0.4) is 0 Å². The number of hydrogen-bond acceptors (Lipinski definition) is 6. The number of nitrogens with zero attached hydrogens (tertiary/aromatic N) is 3. The largest absolute Gasteiger partial charge is 0.497 e. The highest BCUT2D eigenvalue weighted by Gasteiger charge is 2.30. The molecule has 7 nitrogen and oxygen atoms in total. The van der Waals surface area contributed by atoms with Crippen molar-refractivity contribution in [2.45, 2.75) is 43.9 Å². The molecule has 1 saturated heterocycles. The van der Waals surface area contributed by atoms with Crippen molar-refractivity contribution in [2.75, 3.05) is 26.8 Å². The quantitative estimate of drug-likeness (QED) is 0.715. The lowest BCUT2D eigenvalue weighted by atomic mass is 9.92. The lowest BCUT2D eigenvalue weighted by molar-refractivity contribution is 0.179. The van der Waals surface area contributed by atoms with Gasteiger partial charge in [-0.05, 0) is 37.0 Å². The minimum atomic E-state index is -3.51. The molecule has 0 spiro atoms. The van der Waals surface area contributed by atoms with Gasteiger partial charge in [-0.25, -0.2) is 8.42 Å². The van der Waals surface area contributed by atoms with Gasteiger partial charge in [0.25, 0.3) is 0 Å². The molecule has 0 amide bonds. The standard InChI is InChI=1S/C21H29N3O4S/c1-21(2,3)19-8-9-20(23-22-19)28-15-16-10-12-24(13-11-16)29(25,26)18-7-5-6-17(14-18)27-4/h5-9,14,16H,10-13,15H2,1-4H3. The Bertz CT molecular complexity index is 916. The molecule has 0 unspecified atom stereocenters. The van der Waals surface area contributed by atoms with Crippen molar-refractivity contribution in [3.05, 3.63) is 42.1 Å². The zero-order valence-electron chi connectivity index (χ0n) is 17.5. The summed E-state index contributed by atoms with van der Waals surface area (Å²) in [5.74, 6) is 1.33. The first-order valence-electron chi connectivity index (χ1n) is 9.81. The molecule has 3 rings (SSSR count). The van der Waals surface area contributed by atoms with Crippen LogP contribution in [0.15, 0.2) is 41.3 Å². The Morgan fingerprint density at radius 1 is 1.10 bits per heavy atom. The van der Waals surface area contributed by atoms with Crippen LogP contribution in [0.25, 0.3) is 0 Å². The lowest BCUT2D eigenvalue weighted by Crippen LogP contribution is -2.39. The van der Waals surface area contributed by atoms with Gasteiger partial charge in [0.05, 0.1) is 24.3 Å². The predicted molar refractivity (Wildman–Crippen MR) is 111 cm³/mol. The van der Waals surface area contributed by atoms with Crippen LogP contribution < -0.4 is 9.47 Å². The van der Waals surface area contributed by atoms with Crippen molar-refractivity contribution < 1.29 is 17.9 Å². The second kappa shape index (κ2) is 8.67. The van der Waals surface area contributed by atoms with E-state index in [1.807, 2.05) is 12.1 Å². The van der Waals surface area contributed by atoms with E-state index in [0.29, 0.717) is 31.3 Å². The maximum atomic E-state index is 12.9. The average Bonchev–Trinajstić information content (AvgIpc) is 2.72. The predicted octanol–water partition coefficient (Wildman–Crippen LogP) is 3.26. The van der Waals surface area contributed by atoms with Crippen LogP contribution in [0.1, 0.15) is 39.3 Å². The highest BCUT2D eigenvalue weighted by atomic mass is 32.2. The molecule has 1 aromatic carbocycles. The van der Waals surface area contributed by atoms with Crippen LogP contribution in [0.2, 0.25) is 0 Å². The highest BCUT2D eigenvalue weighted by Crippen LogP contribution is 2.26. The number of methoxy groups -OCH3 is 1. The van der Waals surface area contributed by atoms with Gasteiger partial charge in [-0.3, -0.25) is 0 Å². The van der Waals surface area contributed by atoms with Crippen LogP contribution >= 0.6 is 0 Å². The topological polar surface area (TPSA) is 81.6 Å². The molecular weight excluding hydrogens is 390 g/mol. The van der Waals surface area contributed by atoms with E-state index in [4.69, 9.17) is 9.47 Å². The summed E-state index contributed by atoms with van der Waals surface area (Å²) in [5, 5.41) is 8.38. The molecule has 1 aromatic heterocycles. The number of sulfonamides is 1. The fraction of sp³-hybridized carbons (Fsp3) is 0.524. The van der Waals surface area contributed by atoms with E-state index in [0.717, 1.165) is 18.5 Å². The van der Waals surface area contributed by atoms with E-state index in [1.54, 1.807) is 24.3 Å². The summed E-state index contributed by atoms with van der Waals surface area (Å²) in [7, 11) is -1.99. The van der Waals surface area contributed by atoms with E-state index in [2.05, 4.69) is 31.0 Å². The van der Waals surface area contributed by atoms with Crippen LogP contribution in [0.5, 0.6) is 11.6 Å². The monoisotopic (exact) mass is 419 g/mol. The van der Waals surface area contributed by atoms with Crippen LogP contribution in [-0.2, 0) is 15.4 Å². The SMILES string of the molecule is COc1cccc(S(=O)(=O)N2CCC(COc3ccc(C(C)(C)C)nn3)CC2)c1. The third-order valence-electron chi connectivity index (χ3n) is 5.13. The number of piperidine rings is 1. The molecule has 158 valence electrons. The van der Waals surface area contributed by atoms with E-state index >= 15 is 0 Å². The summed E-state index contributed by atoms with van der Waals surface area (Å²) < 4.78 is 38.2. The smallest absolute Gasteiger partial charge is 0.243 e. The third kappa shape index (κ3) is 5.25. The molecule has 1 fully saturated rings. The zero-order chi connectivity index (χ0) is 21.1. The molecule has 2 heterocycles. The number of rotatable bonds is 6. The molecule has 0 atom stereocenters. The fourth-order valence-corrected chi connectivity index (χ4v) is 4.73. The molecule has 1 aliphatic rings. The van der Waals surface area contributed by atoms with Gasteiger partial charge in [0, 0.05) is 30.6 Å². The summed E-state index contributed by atoms with van der Waals surface area (Å²) in [6, 6.07) is 10.4. The molecule has 1 aliphatic heterocycles. The summed E-state index contributed by atoms with van der Waals surface area (Å²) in [6.45, 7) is 7.72. The summed E-state index contributed by atoms with van der Waals surface area (Å²) >= 11 is 0. The second-order valence-corrected chi connectivity index (χ2v) is 10.3. The molecule has 0 aliphatic carbocycles. The minimum absolute atomic E-state index is 0.0490. The molecule has 8 heteroatoms. The van der Waals surface area contributed by atoms with Crippen molar-refractivity contribution in [3.8, 4) is 11.6 Å². The highest BCUT2D eigenvalue weighted by molar-refractivity contribution is 7.89. The lowest BCUT2D eigenvalue weighted by Gasteiger charge is -2.31. The molecule has 0 N–H and O–H groups in total. The fourth-order valence-electron chi connectivity index (χ4n) is 3.23. The molecule has 0 saturated carbocycles. The Hall–Kier alpha value is -2.19. The zero-order valence-corrected chi connectivity index (χ0v) is 18.3. The molecule has 0 radical (unpaired) electrons. The van der Waals surface area contributed by atoms with Crippen LogP contribution in [0, 0.1) is 5.92 Å².